The van der Waals surface area contributed by atoms with E-state index >= 15 is 0 Å². The van der Waals surface area contributed by atoms with Crippen molar-refractivity contribution in [1.82, 2.24) is 15.6 Å². The van der Waals surface area contributed by atoms with E-state index in [1.807, 2.05) is 0 Å². The van der Waals surface area contributed by atoms with Gasteiger partial charge in [-0.15, -0.1) is 0 Å². The maximum absolute atomic E-state index is 5.36. The molecule has 1 heterocycles. The summed E-state index contributed by atoms with van der Waals surface area (Å²) in [6.45, 7) is 5.73. The van der Waals surface area contributed by atoms with E-state index in [0.29, 0.717) is 5.11 Å². The van der Waals surface area contributed by atoms with Crippen molar-refractivity contribution in [2.75, 3.05) is 39.4 Å². The standard InChI is InChI=1S/C19H28N4OS/c25-19(20-10-5-11-23-12-14-24-15-13-23)22-21-18-9-4-2-7-16-6-1-3-8-17(16)18/h1,3,6,8H,2,4-5,7,9-15H2,(H2,20,22,25)/b21-18+. The summed E-state index contributed by atoms with van der Waals surface area (Å²) >= 11 is 5.36. The summed E-state index contributed by atoms with van der Waals surface area (Å²) in [6, 6.07) is 8.57. The molecule has 1 aliphatic carbocycles. The lowest BCUT2D eigenvalue weighted by Crippen LogP contribution is -2.39. The highest BCUT2D eigenvalue weighted by atomic mass is 32.1. The largest absolute Gasteiger partial charge is 0.379 e. The normalized spacial score (nSPS) is 19.9. The van der Waals surface area contributed by atoms with Gasteiger partial charge in [0, 0.05) is 25.2 Å². The van der Waals surface area contributed by atoms with Crippen LogP contribution in [0.4, 0.5) is 0 Å². The smallest absolute Gasteiger partial charge is 0.186 e. The minimum atomic E-state index is 0.608. The van der Waals surface area contributed by atoms with E-state index in [1.54, 1.807) is 0 Å². The highest BCUT2D eigenvalue weighted by molar-refractivity contribution is 7.80. The van der Waals surface area contributed by atoms with E-state index in [0.717, 1.165) is 64.4 Å². The summed E-state index contributed by atoms with van der Waals surface area (Å²) in [5.74, 6) is 0. The third-order valence-electron chi connectivity index (χ3n) is 4.77. The molecule has 0 aromatic heterocycles. The van der Waals surface area contributed by atoms with Crippen LogP contribution in [0, 0.1) is 0 Å². The Bertz CT molecular complexity index is 599. The first-order valence-corrected chi connectivity index (χ1v) is 9.72. The third kappa shape index (κ3) is 5.76. The monoisotopic (exact) mass is 360 g/mol. The van der Waals surface area contributed by atoms with Gasteiger partial charge in [0.25, 0.3) is 0 Å². The zero-order valence-electron chi connectivity index (χ0n) is 14.8. The lowest BCUT2D eigenvalue weighted by Gasteiger charge is -2.26. The predicted molar refractivity (Wildman–Crippen MR) is 106 cm³/mol. The van der Waals surface area contributed by atoms with Crippen molar-refractivity contribution >= 4 is 23.0 Å². The number of thiocarbonyl (C=S) groups is 1. The number of ether oxygens (including phenoxy) is 1. The summed E-state index contributed by atoms with van der Waals surface area (Å²) < 4.78 is 5.36. The van der Waals surface area contributed by atoms with Gasteiger partial charge in [0.05, 0.1) is 18.9 Å². The van der Waals surface area contributed by atoms with E-state index in [1.165, 1.54) is 24.0 Å². The molecule has 2 N–H and O–H groups in total. The lowest BCUT2D eigenvalue weighted by molar-refractivity contribution is 0.0376. The average molecular weight is 361 g/mol. The quantitative estimate of drug-likeness (QED) is 0.365. The van der Waals surface area contributed by atoms with Crippen LogP contribution in [0.3, 0.4) is 0 Å². The summed E-state index contributed by atoms with van der Waals surface area (Å²) in [7, 11) is 0. The van der Waals surface area contributed by atoms with E-state index in [4.69, 9.17) is 17.0 Å². The van der Waals surface area contributed by atoms with Gasteiger partial charge in [-0.05, 0) is 56.4 Å². The van der Waals surface area contributed by atoms with Gasteiger partial charge in [-0.1, -0.05) is 24.3 Å². The van der Waals surface area contributed by atoms with Crippen LogP contribution in [-0.4, -0.2) is 55.1 Å². The Morgan fingerprint density at radius 3 is 2.84 bits per heavy atom. The number of hydrogen-bond donors (Lipinski definition) is 2. The lowest BCUT2D eigenvalue weighted by atomic mass is 10.0. The molecule has 0 bridgehead atoms. The Balaban J connectivity index is 1.42. The minimum Gasteiger partial charge on any atom is -0.379 e. The summed E-state index contributed by atoms with van der Waals surface area (Å²) in [4.78, 5) is 2.43. The van der Waals surface area contributed by atoms with Gasteiger partial charge in [0.2, 0.25) is 0 Å². The highest BCUT2D eigenvalue weighted by Gasteiger charge is 2.13. The van der Waals surface area contributed by atoms with Crippen molar-refractivity contribution in [1.29, 1.82) is 0 Å². The molecule has 1 fully saturated rings. The number of fused-ring (bicyclic) bond motifs is 1. The summed E-state index contributed by atoms with van der Waals surface area (Å²) in [5.41, 5.74) is 6.81. The Morgan fingerprint density at radius 1 is 1.16 bits per heavy atom. The van der Waals surface area contributed by atoms with Crippen molar-refractivity contribution in [3.05, 3.63) is 35.4 Å². The molecule has 1 saturated heterocycles. The predicted octanol–water partition coefficient (Wildman–Crippen LogP) is 2.30. The first-order valence-electron chi connectivity index (χ1n) is 9.32. The van der Waals surface area contributed by atoms with Crippen molar-refractivity contribution < 1.29 is 4.74 Å². The number of rotatable bonds is 5. The van der Waals surface area contributed by atoms with Crippen LogP contribution in [0.5, 0.6) is 0 Å². The molecule has 0 radical (unpaired) electrons. The molecule has 0 amide bonds. The molecular formula is C19H28N4OS. The van der Waals surface area contributed by atoms with E-state index in [-0.39, 0.29) is 0 Å². The van der Waals surface area contributed by atoms with Crippen LogP contribution in [0.1, 0.15) is 36.8 Å². The van der Waals surface area contributed by atoms with Gasteiger partial charge < -0.3 is 10.1 Å². The topological polar surface area (TPSA) is 48.9 Å². The molecule has 1 aromatic rings. The van der Waals surface area contributed by atoms with Crippen molar-refractivity contribution in [3.63, 3.8) is 0 Å². The molecule has 25 heavy (non-hydrogen) atoms. The number of aryl methyl sites for hydroxylation is 1. The number of nitrogens with one attached hydrogen (secondary N) is 2. The molecule has 0 saturated carbocycles. The fraction of sp³-hybridized carbons (Fsp3) is 0.579. The third-order valence-corrected chi connectivity index (χ3v) is 5.01. The number of benzene rings is 1. The van der Waals surface area contributed by atoms with E-state index in [9.17, 15) is 0 Å². The minimum absolute atomic E-state index is 0.608. The zero-order chi connectivity index (χ0) is 17.3. The fourth-order valence-electron chi connectivity index (χ4n) is 3.37. The molecule has 0 atom stereocenters. The summed E-state index contributed by atoms with van der Waals surface area (Å²) in [5, 5.41) is 8.45. The second-order valence-corrected chi connectivity index (χ2v) is 7.01. The molecule has 2 aliphatic rings. The second kappa shape index (κ2) is 9.85. The van der Waals surface area contributed by atoms with Crippen molar-refractivity contribution in [3.8, 4) is 0 Å². The van der Waals surface area contributed by atoms with Crippen LogP contribution < -0.4 is 10.7 Å². The van der Waals surface area contributed by atoms with E-state index < -0.39 is 0 Å². The summed E-state index contributed by atoms with van der Waals surface area (Å²) in [6.07, 6.45) is 5.61. The molecule has 1 aliphatic heterocycles. The number of nitrogens with zero attached hydrogens (tertiary/aromatic N) is 2. The van der Waals surface area contributed by atoms with Gasteiger partial charge in [-0.3, -0.25) is 10.3 Å². The fourth-order valence-corrected chi connectivity index (χ4v) is 3.51. The molecule has 3 rings (SSSR count). The number of hydrazone groups is 1. The Kier molecular flexibility index (Phi) is 7.21. The molecule has 1 aromatic carbocycles. The van der Waals surface area contributed by atoms with Gasteiger partial charge in [-0.2, -0.15) is 5.10 Å². The van der Waals surface area contributed by atoms with Crippen LogP contribution in [0.2, 0.25) is 0 Å². The van der Waals surface area contributed by atoms with Crippen LogP contribution in [0.15, 0.2) is 29.4 Å². The Labute approximate surface area is 155 Å². The first-order chi connectivity index (χ1) is 12.3. The Morgan fingerprint density at radius 2 is 1.96 bits per heavy atom. The van der Waals surface area contributed by atoms with Crippen molar-refractivity contribution in [2.24, 2.45) is 5.10 Å². The van der Waals surface area contributed by atoms with Gasteiger partial charge in [-0.25, -0.2) is 0 Å². The molecule has 6 heteroatoms. The van der Waals surface area contributed by atoms with Gasteiger partial charge in [0.15, 0.2) is 5.11 Å². The highest BCUT2D eigenvalue weighted by Crippen LogP contribution is 2.20. The van der Waals surface area contributed by atoms with Gasteiger partial charge in [0.1, 0.15) is 0 Å². The van der Waals surface area contributed by atoms with Gasteiger partial charge >= 0.3 is 0 Å². The molecule has 5 nitrogen and oxygen atoms in total. The molecule has 0 spiro atoms. The Hall–Kier alpha value is -1.50. The zero-order valence-corrected chi connectivity index (χ0v) is 15.6. The van der Waals surface area contributed by atoms with Crippen LogP contribution >= 0.6 is 12.2 Å². The maximum atomic E-state index is 5.36. The number of hydrogen-bond acceptors (Lipinski definition) is 4. The van der Waals surface area contributed by atoms with Crippen LogP contribution in [0.25, 0.3) is 0 Å². The average Bonchev–Trinajstić information content (AvgIpc) is 2.87. The van der Waals surface area contributed by atoms with Crippen LogP contribution in [-0.2, 0) is 11.2 Å². The molecule has 0 unspecified atom stereocenters. The SMILES string of the molecule is S=C(NCCCN1CCOCC1)N/N=C1\CCCCc2ccccc21. The van der Waals surface area contributed by atoms with E-state index in [2.05, 4.69) is 45.0 Å². The molecular weight excluding hydrogens is 332 g/mol. The first kappa shape index (κ1) is 18.3. The number of morpholine rings is 1. The second-order valence-electron chi connectivity index (χ2n) is 6.60. The maximum Gasteiger partial charge on any atom is 0.186 e. The van der Waals surface area contributed by atoms with Crippen molar-refractivity contribution in [2.45, 2.75) is 32.1 Å². The molecule has 136 valence electrons.